The van der Waals surface area contributed by atoms with Crippen LogP contribution in [0.15, 0.2) is 42.5 Å². The first-order chi connectivity index (χ1) is 11.2. The fraction of sp³-hybridized carbons (Fsp3) is 0.389. The molecule has 0 unspecified atom stereocenters. The normalized spacial score (nSPS) is 21.1. The number of aryl methyl sites for hydroxylation is 1. The molecule has 1 fully saturated rings. The van der Waals surface area contributed by atoms with Gasteiger partial charge in [-0.15, -0.1) is 0 Å². The van der Waals surface area contributed by atoms with Crippen LogP contribution in [-0.2, 0) is 27.9 Å². The Hall–Kier alpha value is -2.11. The molecular weight excluding hydrogens is 292 g/mol. The van der Waals surface area contributed by atoms with Crippen LogP contribution in [0.2, 0.25) is 0 Å². The number of rotatable bonds is 4. The summed E-state index contributed by atoms with van der Waals surface area (Å²) in [4.78, 5) is 12.5. The molecular formula is C18H22N2O3. The Kier molecular flexibility index (Phi) is 4.79. The number of carbonyl (C=O) groups excluding carboxylic acids is 1. The molecule has 1 aromatic carbocycles. The first-order valence-corrected chi connectivity index (χ1v) is 7.84. The number of carbonyl (C=O) groups is 1. The zero-order valence-corrected chi connectivity index (χ0v) is 13.5. The Bertz CT molecular complexity index is 666. The fourth-order valence-electron chi connectivity index (χ4n) is 2.77. The van der Waals surface area contributed by atoms with Crippen molar-refractivity contribution in [2.45, 2.75) is 25.7 Å². The summed E-state index contributed by atoms with van der Waals surface area (Å²) < 4.78 is 13.5. The van der Waals surface area contributed by atoms with Crippen molar-refractivity contribution in [1.82, 2.24) is 9.88 Å². The molecule has 0 bridgehead atoms. The zero-order chi connectivity index (χ0) is 16.2. The molecule has 1 amide bonds. The quantitative estimate of drug-likeness (QED) is 0.940. The molecule has 0 spiro atoms. The van der Waals surface area contributed by atoms with Gasteiger partial charge in [0.15, 0.2) is 6.10 Å². The molecule has 2 heterocycles. The minimum absolute atomic E-state index is 0.141. The maximum Gasteiger partial charge on any atom is 0.252 e. The van der Waals surface area contributed by atoms with E-state index in [1.807, 2.05) is 56.4 Å². The van der Waals surface area contributed by atoms with Crippen LogP contribution in [0, 0.1) is 6.92 Å². The molecule has 122 valence electrons. The van der Waals surface area contributed by atoms with Crippen molar-refractivity contribution in [3.05, 3.63) is 59.4 Å². The number of hydrogen-bond acceptors (Lipinski definition) is 3. The summed E-state index contributed by atoms with van der Waals surface area (Å²) in [6.07, 6.45) is -0.979. The summed E-state index contributed by atoms with van der Waals surface area (Å²) in [5.41, 5.74) is 3.18. The number of aromatic nitrogens is 1. The van der Waals surface area contributed by atoms with Gasteiger partial charge in [0.25, 0.3) is 5.91 Å². The van der Waals surface area contributed by atoms with Gasteiger partial charge in [-0.1, -0.05) is 30.3 Å². The van der Waals surface area contributed by atoms with E-state index in [-0.39, 0.29) is 12.0 Å². The van der Waals surface area contributed by atoms with E-state index in [1.54, 1.807) is 0 Å². The van der Waals surface area contributed by atoms with Crippen LogP contribution < -0.4 is 5.32 Å². The molecule has 2 atom stereocenters. The first kappa shape index (κ1) is 15.8. The molecule has 1 aliphatic rings. The molecule has 5 heteroatoms. The largest absolute Gasteiger partial charge is 0.368 e. The highest BCUT2D eigenvalue weighted by Crippen LogP contribution is 2.26. The standard InChI is InChI=1S/C18H22N2O3/c1-13-8-9-15(20(13)2)12-19-18(21)17-16(22-10-11-23-17)14-6-4-3-5-7-14/h3-9,16-17H,10-12H2,1-2H3,(H,19,21)/t16-,17-/m1/s1. The smallest absolute Gasteiger partial charge is 0.252 e. The molecule has 5 nitrogen and oxygen atoms in total. The second-order valence-corrected chi connectivity index (χ2v) is 5.74. The second-order valence-electron chi connectivity index (χ2n) is 5.74. The van der Waals surface area contributed by atoms with Crippen molar-refractivity contribution < 1.29 is 14.3 Å². The third-order valence-corrected chi connectivity index (χ3v) is 4.26. The average Bonchev–Trinajstić information content (AvgIpc) is 2.92. The Morgan fingerprint density at radius 3 is 2.61 bits per heavy atom. The Morgan fingerprint density at radius 2 is 1.91 bits per heavy atom. The lowest BCUT2D eigenvalue weighted by Crippen LogP contribution is -2.44. The van der Waals surface area contributed by atoms with Gasteiger partial charge in [-0.3, -0.25) is 4.79 Å². The monoisotopic (exact) mass is 314 g/mol. The van der Waals surface area contributed by atoms with Crippen LogP contribution in [-0.4, -0.2) is 29.8 Å². The van der Waals surface area contributed by atoms with Crippen LogP contribution in [0.3, 0.4) is 0 Å². The average molecular weight is 314 g/mol. The molecule has 1 saturated heterocycles. The third-order valence-electron chi connectivity index (χ3n) is 4.26. The molecule has 3 rings (SSSR count). The summed E-state index contributed by atoms with van der Waals surface area (Å²) in [5.74, 6) is -0.141. The van der Waals surface area contributed by atoms with Gasteiger partial charge in [0.2, 0.25) is 0 Å². The molecule has 23 heavy (non-hydrogen) atoms. The molecule has 0 aliphatic carbocycles. The highest BCUT2D eigenvalue weighted by atomic mass is 16.6. The lowest BCUT2D eigenvalue weighted by Gasteiger charge is -2.31. The summed E-state index contributed by atoms with van der Waals surface area (Å²) >= 11 is 0. The van der Waals surface area contributed by atoms with Crippen molar-refractivity contribution in [1.29, 1.82) is 0 Å². The van der Waals surface area contributed by atoms with Crippen molar-refractivity contribution in [3.63, 3.8) is 0 Å². The maximum absolute atomic E-state index is 12.5. The van der Waals surface area contributed by atoms with E-state index in [2.05, 4.69) is 9.88 Å². The van der Waals surface area contributed by atoms with Crippen LogP contribution in [0.1, 0.15) is 23.1 Å². The molecule has 1 aliphatic heterocycles. The summed E-state index contributed by atoms with van der Waals surface area (Å²) in [7, 11) is 1.99. The van der Waals surface area contributed by atoms with Crippen LogP contribution in [0.4, 0.5) is 0 Å². The number of amides is 1. The van der Waals surface area contributed by atoms with Crippen LogP contribution >= 0.6 is 0 Å². The van der Waals surface area contributed by atoms with Gasteiger partial charge in [0, 0.05) is 18.4 Å². The molecule has 1 aromatic heterocycles. The van der Waals surface area contributed by atoms with Gasteiger partial charge in [-0.25, -0.2) is 0 Å². The fourth-order valence-corrected chi connectivity index (χ4v) is 2.77. The topological polar surface area (TPSA) is 52.5 Å². The predicted molar refractivity (Wildman–Crippen MR) is 86.9 cm³/mol. The van der Waals surface area contributed by atoms with Crippen LogP contribution in [0.25, 0.3) is 0 Å². The van der Waals surface area contributed by atoms with Gasteiger partial charge in [-0.05, 0) is 24.6 Å². The maximum atomic E-state index is 12.5. The number of ether oxygens (including phenoxy) is 2. The third kappa shape index (κ3) is 3.46. The second kappa shape index (κ2) is 6.98. The molecule has 0 radical (unpaired) electrons. The lowest BCUT2D eigenvalue weighted by molar-refractivity contribution is -0.166. The van der Waals surface area contributed by atoms with Gasteiger partial charge in [0.05, 0.1) is 19.8 Å². The van der Waals surface area contributed by atoms with Crippen molar-refractivity contribution >= 4 is 5.91 Å². The minimum atomic E-state index is -0.618. The van der Waals surface area contributed by atoms with E-state index in [0.29, 0.717) is 19.8 Å². The first-order valence-electron chi connectivity index (χ1n) is 7.84. The molecule has 1 N–H and O–H groups in total. The van der Waals surface area contributed by atoms with Crippen molar-refractivity contribution in [3.8, 4) is 0 Å². The van der Waals surface area contributed by atoms with Crippen molar-refractivity contribution in [2.24, 2.45) is 7.05 Å². The Labute approximate surface area is 136 Å². The van der Waals surface area contributed by atoms with Gasteiger partial charge in [-0.2, -0.15) is 0 Å². The van der Waals surface area contributed by atoms with E-state index in [0.717, 1.165) is 17.0 Å². The number of nitrogens with one attached hydrogen (secondary N) is 1. The van der Waals surface area contributed by atoms with E-state index >= 15 is 0 Å². The SMILES string of the molecule is Cc1ccc(CNC(=O)[C@@H]2OCCO[C@@H]2c2ccccc2)n1C. The number of nitrogens with zero attached hydrogens (tertiary/aromatic N) is 1. The lowest BCUT2D eigenvalue weighted by atomic mass is 10.0. The zero-order valence-electron chi connectivity index (χ0n) is 13.5. The predicted octanol–water partition coefficient (Wildman–Crippen LogP) is 2.11. The number of hydrogen-bond donors (Lipinski definition) is 1. The number of benzene rings is 1. The molecule has 0 saturated carbocycles. The van der Waals surface area contributed by atoms with E-state index < -0.39 is 6.10 Å². The van der Waals surface area contributed by atoms with Crippen molar-refractivity contribution in [2.75, 3.05) is 13.2 Å². The highest BCUT2D eigenvalue weighted by Gasteiger charge is 2.34. The summed E-state index contributed by atoms with van der Waals surface area (Å²) in [5, 5.41) is 2.96. The van der Waals surface area contributed by atoms with Gasteiger partial charge < -0.3 is 19.4 Å². The summed E-state index contributed by atoms with van der Waals surface area (Å²) in [6.45, 7) is 3.45. The summed E-state index contributed by atoms with van der Waals surface area (Å²) in [6, 6.07) is 13.8. The van der Waals surface area contributed by atoms with E-state index in [4.69, 9.17) is 9.47 Å². The Morgan fingerprint density at radius 1 is 1.17 bits per heavy atom. The van der Waals surface area contributed by atoms with E-state index in [1.165, 1.54) is 0 Å². The van der Waals surface area contributed by atoms with Gasteiger partial charge in [0.1, 0.15) is 6.10 Å². The Balaban J connectivity index is 1.68. The van der Waals surface area contributed by atoms with Gasteiger partial charge >= 0.3 is 0 Å². The van der Waals surface area contributed by atoms with E-state index in [9.17, 15) is 4.79 Å². The minimum Gasteiger partial charge on any atom is -0.368 e. The molecule has 2 aromatic rings. The van der Waals surface area contributed by atoms with Crippen LogP contribution in [0.5, 0.6) is 0 Å². The highest BCUT2D eigenvalue weighted by molar-refractivity contribution is 5.81.